The first-order valence-electron chi connectivity index (χ1n) is 14.1. The third-order valence-corrected chi connectivity index (χ3v) is 7.49. The maximum Gasteiger partial charge on any atom is 0.409 e. The van der Waals surface area contributed by atoms with E-state index in [1.165, 1.54) is 0 Å². The summed E-state index contributed by atoms with van der Waals surface area (Å²) in [5.41, 5.74) is 0.598. The van der Waals surface area contributed by atoms with Crippen LogP contribution in [0.5, 0.6) is 11.5 Å². The Bertz CT molecular complexity index is 913. The maximum atomic E-state index is 13.8. The van der Waals surface area contributed by atoms with Crippen molar-refractivity contribution in [2.75, 3.05) is 47.1 Å². The smallest absolute Gasteiger partial charge is 0.409 e. The zero-order chi connectivity index (χ0) is 27.7. The van der Waals surface area contributed by atoms with E-state index >= 15 is 0 Å². The highest BCUT2D eigenvalue weighted by molar-refractivity contribution is 6.04. The summed E-state index contributed by atoms with van der Waals surface area (Å²) in [4.78, 5) is 32.4. The normalized spacial score (nSPS) is 19.7. The molecule has 0 N–H and O–H groups in total. The van der Waals surface area contributed by atoms with Crippen LogP contribution in [0.25, 0.3) is 0 Å². The van der Waals surface area contributed by atoms with E-state index in [-0.39, 0.29) is 24.1 Å². The lowest BCUT2D eigenvalue weighted by Gasteiger charge is -2.44. The average Bonchev–Trinajstić information content (AvgIpc) is 3.73. The van der Waals surface area contributed by atoms with Crippen molar-refractivity contribution in [3.05, 3.63) is 23.8 Å². The molecular formula is C28H46BN3O6. The Morgan fingerprint density at radius 3 is 2.42 bits per heavy atom. The molecule has 2 aliphatic rings. The van der Waals surface area contributed by atoms with Crippen LogP contribution >= 0.6 is 0 Å². The van der Waals surface area contributed by atoms with Gasteiger partial charge in [0.05, 0.1) is 20.3 Å². The Morgan fingerprint density at radius 2 is 1.82 bits per heavy atom. The van der Waals surface area contributed by atoms with Crippen LogP contribution in [-0.4, -0.2) is 106 Å². The van der Waals surface area contributed by atoms with Crippen molar-refractivity contribution in [3.63, 3.8) is 0 Å². The van der Waals surface area contributed by atoms with Gasteiger partial charge < -0.3 is 33.6 Å². The fourth-order valence-corrected chi connectivity index (χ4v) is 5.35. The van der Waals surface area contributed by atoms with Crippen molar-refractivity contribution in [2.24, 2.45) is 0 Å². The summed E-state index contributed by atoms with van der Waals surface area (Å²) >= 11 is 0. The summed E-state index contributed by atoms with van der Waals surface area (Å²) in [6, 6.07) is 6.29. The second-order valence-electron chi connectivity index (χ2n) is 10.6. The van der Waals surface area contributed by atoms with Crippen molar-refractivity contribution in [1.29, 1.82) is 0 Å². The van der Waals surface area contributed by atoms with Crippen molar-refractivity contribution in [1.82, 2.24) is 14.6 Å². The first kappa shape index (κ1) is 30.1. The van der Waals surface area contributed by atoms with E-state index in [0.717, 1.165) is 51.6 Å². The number of hydrogen-bond donors (Lipinski definition) is 0. The molecule has 1 aliphatic heterocycles. The van der Waals surface area contributed by atoms with Gasteiger partial charge in [-0.05, 0) is 71.1 Å². The molecule has 9 nitrogen and oxygen atoms in total. The Kier molecular flexibility index (Phi) is 11.6. The Labute approximate surface area is 229 Å². The number of rotatable bonds is 14. The van der Waals surface area contributed by atoms with E-state index < -0.39 is 0 Å². The molecule has 3 rings (SSSR count). The molecule has 2 fully saturated rings. The summed E-state index contributed by atoms with van der Waals surface area (Å²) in [6.45, 7) is 9.01. The van der Waals surface area contributed by atoms with Crippen molar-refractivity contribution in [3.8, 4) is 11.5 Å². The van der Waals surface area contributed by atoms with Gasteiger partial charge in [-0.1, -0.05) is 0 Å². The molecule has 1 saturated carbocycles. The molecule has 1 aliphatic carbocycles. The Balaban J connectivity index is 1.63. The van der Waals surface area contributed by atoms with Gasteiger partial charge in [0.2, 0.25) is 0 Å². The highest BCUT2D eigenvalue weighted by Crippen LogP contribution is 2.32. The fourth-order valence-electron chi connectivity index (χ4n) is 5.35. The molecular weight excluding hydrogens is 485 g/mol. The van der Waals surface area contributed by atoms with Gasteiger partial charge in [-0.25, -0.2) is 4.79 Å². The number of carbonyl (C=O) groups excluding carboxylic acids is 2. The Morgan fingerprint density at radius 1 is 1.08 bits per heavy atom. The van der Waals surface area contributed by atoms with Crippen molar-refractivity contribution < 1.29 is 28.5 Å². The maximum absolute atomic E-state index is 13.8. The minimum Gasteiger partial charge on any atom is -0.493 e. The monoisotopic (exact) mass is 531 g/mol. The number of ether oxygens (including phenoxy) is 4. The highest BCUT2D eigenvalue weighted by atomic mass is 16.6. The average molecular weight is 532 g/mol. The van der Waals surface area contributed by atoms with E-state index in [2.05, 4.69) is 26.6 Å². The standard InChI is InChI=1S/C28H46BN3O6/c1-6-37-28(34)30(22-9-10-22)15-14-23-11-12-24(19-31(23)29)32(20(2)3)27(33)21-8-13-25(36-5)26(18-21)38-17-7-16-35-4/h8,13,18,20,22-24H,6-7,9-12,14-17,19,29H2,1-5H3/t23-,24-/m1/s1. The van der Waals surface area contributed by atoms with E-state index in [1.54, 1.807) is 26.4 Å². The molecule has 1 aromatic rings. The predicted octanol–water partition coefficient (Wildman–Crippen LogP) is 3.35. The molecule has 0 aromatic heterocycles. The first-order chi connectivity index (χ1) is 18.3. The molecule has 0 bridgehead atoms. The van der Waals surface area contributed by atoms with Crippen LogP contribution in [0.1, 0.15) is 69.7 Å². The molecule has 0 unspecified atom stereocenters. The van der Waals surface area contributed by atoms with Crippen molar-refractivity contribution in [2.45, 2.75) is 83.5 Å². The molecule has 38 heavy (non-hydrogen) atoms. The molecule has 0 radical (unpaired) electrons. The third kappa shape index (κ3) is 8.02. The molecule has 2 atom stereocenters. The Hall–Kier alpha value is -2.46. The largest absolute Gasteiger partial charge is 0.493 e. The minimum atomic E-state index is -0.190. The van der Waals surface area contributed by atoms with E-state index in [0.29, 0.717) is 49.0 Å². The first-order valence-corrected chi connectivity index (χ1v) is 14.1. The molecule has 2 amide bonds. The number of amides is 2. The van der Waals surface area contributed by atoms with Crippen LogP contribution in [0.2, 0.25) is 0 Å². The van der Waals surface area contributed by atoms with Crippen LogP contribution < -0.4 is 9.47 Å². The number of carbonyl (C=O) groups is 2. The van der Waals surface area contributed by atoms with E-state index in [1.807, 2.05) is 22.8 Å². The fraction of sp³-hybridized carbons (Fsp3) is 0.714. The lowest BCUT2D eigenvalue weighted by molar-refractivity contribution is 0.0459. The zero-order valence-electron chi connectivity index (χ0n) is 24.1. The summed E-state index contributed by atoms with van der Waals surface area (Å²) in [6.07, 6.45) is 5.52. The van der Waals surface area contributed by atoms with E-state index in [9.17, 15) is 9.59 Å². The third-order valence-electron chi connectivity index (χ3n) is 7.49. The van der Waals surface area contributed by atoms with Crippen LogP contribution in [0.4, 0.5) is 4.79 Å². The number of hydrogen-bond acceptors (Lipinski definition) is 7. The molecule has 0 spiro atoms. The molecule has 1 aromatic carbocycles. The van der Waals surface area contributed by atoms with Crippen LogP contribution in [0, 0.1) is 0 Å². The molecule has 212 valence electrons. The second-order valence-corrected chi connectivity index (χ2v) is 10.6. The van der Waals surface area contributed by atoms with Crippen molar-refractivity contribution >= 4 is 20.0 Å². The molecule has 1 saturated heterocycles. The van der Waals surface area contributed by atoms with Gasteiger partial charge in [0.15, 0.2) is 19.5 Å². The van der Waals surface area contributed by atoms with E-state index in [4.69, 9.17) is 18.9 Å². The summed E-state index contributed by atoms with van der Waals surface area (Å²) in [5, 5.41) is 0. The summed E-state index contributed by atoms with van der Waals surface area (Å²) in [7, 11) is 5.40. The predicted molar refractivity (Wildman–Crippen MR) is 150 cm³/mol. The van der Waals surface area contributed by atoms with Crippen LogP contribution in [-0.2, 0) is 9.47 Å². The van der Waals surface area contributed by atoms with Gasteiger partial charge in [0.25, 0.3) is 5.91 Å². The molecule has 1 heterocycles. The lowest BCUT2D eigenvalue weighted by Crippen LogP contribution is -2.55. The zero-order valence-corrected chi connectivity index (χ0v) is 24.1. The van der Waals surface area contributed by atoms with Gasteiger partial charge >= 0.3 is 6.09 Å². The van der Waals surface area contributed by atoms with Gasteiger partial charge in [-0.3, -0.25) is 4.79 Å². The number of nitrogens with zero attached hydrogens (tertiary/aromatic N) is 3. The van der Waals surface area contributed by atoms with Gasteiger partial charge in [0, 0.05) is 63.0 Å². The topological polar surface area (TPSA) is 80.8 Å². The second kappa shape index (κ2) is 14.6. The van der Waals surface area contributed by atoms with Gasteiger partial charge in [0.1, 0.15) is 0 Å². The minimum absolute atomic E-state index is 0.00321. The highest BCUT2D eigenvalue weighted by Gasteiger charge is 2.36. The lowest BCUT2D eigenvalue weighted by atomic mass is 9.91. The van der Waals surface area contributed by atoms with Gasteiger partial charge in [-0.2, -0.15) is 0 Å². The van der Waals surface area contributed by atoms with Crippen LogP contribution in [0.15, 0.2) is 18.2 Å². The number of piperidine rings is 1. The van der Waals surface area contributed by atoms with Gasteiger partial charge in [-0.15, -0.1) is 0 Å². The van der Waals surface area contributed by atoms with Crippen LogP contribution in [0.3, 0.4) is 0 Å². The number of methoxy groups -OCH3 is 2. The number of benzene rings is 1. The quantitative estimate of drug-likeness (QED) is 0.269. The summed E-state index contributed by atoms with van der Waals surface area (Å²) in [5.74, 6) is 1.18. The summed E-state index contributed by atoms with van der Waals surface area (Å²) < 4.78 is 21.7. The SMILES string of the molecule is BN1C[C@H](N(C(=O)c2ccc(OC)c(OCCCOC)c2)C(C)C)CC[C@@H]1CCN(C(=O)OCC)C1CC1. The molecule has 10 heteroatoms.